The van der Waals surface area contributed by atoms with Crippen molar-refractivity contribution in [3.05, 3.63) is 69.4 Å². The Bertz CT molecular complexity index is 706. The molecule has 0 aliphatic rings. The highest BCUT2D eigenvalue weighted by molar-refractivity contribution is 9.10. The number of aryl methyl sites for hydroxylation is 1. The summed E-state index contributed by atoms with van der Waals surface area (Å²) in [5, 5.41) is 2.75. The first-order valence-corrected chi connectivity index (χ1v) is 7.89. The van der Waals surface area contributed by atoms with Crippen molar-refractivity contribution in [1.29, 1.82) is 0 Å². The van der Waals surface area contributed by atoms with E-state index in [2.05, 4.69) is 21.2 Å². The fraction of sp³-hybridized carbons (Fsp3) is 0.235. The fourth-order valence-electron chi connectivity index (χ4n) is 2.08. The molecule has 2 nitrogen and oxygen atoms in total. The lowest BCUT2D eigenvalue weighted by atomic mass is 10.1. The number of rotatable bonds is 6. The van der Waals surface area contributed by atoms with Crippen LogP contribution in [0.3, 0.4) is 0 Å². The summed E-state index contributed by atoms with van der Waals surface area (Å²) in [6.07, 6.45) is 1.11. The Balaban J connectivity index is 1.74. The summed E-state index contributed by atoms with van der Waals surface area (Å²) >= 11 is 3.11. The van der Waals surface area contributed by atoms with E-state index in [9.17, 15) is 18.0 Å². The summed E-state index contributed by atoms with van der Waals surface area (Å²) in [6.45, 7) is 0.425. The van der Waals surface area contributed by atoms with Gasteiger partial charge in [0.2, 0.25) is 5.91 Å². The maximum Gasteiger partial charge on any atom is 0.220 e. The van der Waals surface area contributed by atoms with Crippen LogP contribution in [0.25, 0.3) is 0 Å². The van der Waals surface area contributed by atoms with Crippen LogP contribution in [0.2, 0.25) is 0 Å². The first-order chi connectivity index (χ1) is 11.0. The predicted octanol–water partition coefficient (Wildman–Crippen LogP) is 4.16. The molecule has 0 saturated carbocycles. The zero-order chi connectivity index (χ0) is 16.8. The van der Waals surface area contributed by atoms with Crippen molar-refractivity contribution in [1.82, 2.24) is 5.32 Å². The van der Waals surface area contributed by atoms with E-state index in [0.717, 1.165) is 17.7 Å². The van der Waals surface area contributed by atoms with Crippen LogP contribution in [0, 0.1) is 17.5 Å². The second-order valence-electron chi connectivity index (χ2n) is 5.10. The van der Waals surface area contributed by atoms with Crippen molar-refractivity contribution in [2.24, 2.45) is 0 Å². The van der Waals surface area contributed by atoms with Crippen molar-refractivity contribution in [2.45, 2.75) is 19.3 Å². The summed E-state index contributed by atoms with van der Waals surface area (Å²) in [6, 6.07) is 8.30. The topological polar surface area (TPSA) is 29.1 Å². The zero-order valence-corrected chi connectivity index (χ0v) is 13.8. The highest BCUT2D eigenvalue weighted by Gasteiger charge is 2.06. The largest absolute Gasteiger partial charge is 0.356 e. The number of halogens is 4. The first-order valence-electron chi connectivity index (χ1n) is 7.10. The van der Waals surface area contributed by atoms with Gasteiger partial charge < -0.3 is 5.32 Å². The van der Waals surface area contributed by atoms with Crippen molar-refractivity contribution < 1.29 is 18.0 Å². The molecule has 0 spiro atoms. The molecular formula is C17H15BrF3NO. The quantitative estimate of drug-likeness (QED) is 0.794. The smallest absolute Gasteiger partial charge is 0.220 e. The van der Waals surface area contributed by atoms with E-state index in [1.807, 2.05) is 0 Å². The summed E-state index contributed by atoms with van der Waals surface area (Å²) < 4.78 is 39.3. The van der Waals surface area contributed by atoms with Crippen LogP contribution < -0.4 is 5.32 Å². The van der Waals surface area contributed by atoms with Gasteiger partial charge in [0.1, 0.15) is 5.82 Å². The molecule has 2 aromatic carbocycles. The van der Waals surface area contributed by atoms with Gasteiger partial charge in [-0.25, -0.2) is 13.2 Å². The predicted molar refractivity (Wildman–Crippen MR) is 85.5 cm³/mol. The van der Waals surface area contributed by atoms with Crippen LogP contribution >= 0.6 is 15.9 Å². The lowest BCUT2D eigenvalue weighted by Crippen LogP contribution is -2.25. The van der Waals surface area contributed by atoms with E-state index in [1.54, 1.807) is 12.1 Å². The normalized spacial score (nSPS) is 10.6. The highest BCUT2D eigenvalue weighted by Crippen LogP contribution is 2.17. The number of hydrogen-bond donors (Lipinski definition) is 1. The van der Waals surface area contributed by atoms with E-state index < -0.39 is 11.6 Å². The number of nitrogens with one attached hydrogen (secondary N) is 1. The van der Waals surface area contributed by atoms with Crippen LogP contribution in [-0.2, 0) is 17.6 Å². The van der Waals surface area contributed by atoms with Crippen molar-refractivity contribution >= 4 is 21.8 Å². The molecule has 6 heteroatoms. The van der Waals surface area contributed by atoms with Crippen molar-refractivity contribution in [2.75, 3.05) is 6.54 Å². The second kappa shape index (κ2) is 8.15. The standard InChI is InChI=1S/C17H15BrF3NO/c18-13-9-12(1-4-14(13)19)7-8-22-17(23)6-3-11-2-5-15(20)16(21)10-11/h1-2,4-5,9-10H,3,6-8H2,(H,22,23). The molecule has 0 saturated heterocycles. The lowest BCUT2D eigenvalue weighted by Gasteiger charge is -2.06. The molecule has 1 amide bonds. The van der Waals surface area contributed by atoms with Gasteiger partial charge in [-0.05, 0) is 64.2 Å². The van der Waals surface area contributed by atoms with Gasteiger partial charge in [0.05, 0.1) is 4.47 Å². The molecule has 0 aromatic heterocycles. The van der Waals surface area contributed by atoms with Crippen LogP contribution in [0.4, 0.5) is 13.2 Å². The Morgan fingerprint density at radius 3 is 2.22 bits per heavy atom. The van der Waals surface area contributed by atoms with E-state index in [-0.39, 0.29) is 18.1 Å². The SMILES string of the molecule is O=C(CCc1ccc(F)c(F)c1)NCCc1ccc(F)c(Br)c1. The maximum atomic E-state index is 13.1. The van der Waals surface area contributed by atoms with Gasteiger partial charge in [-0.2, -0.15) is 0 Å². The number of hydrogen-bond acceptors (Lipinski definition) is 1. The zero-order valence-electron chi connectivity index (χ0n) is 12.2. The molecule has 122 valence electrons. The minimum atomic E-state index is -0.912. The minimum absolute atomic E-state index is 0.170. The van der Waals surface area contributed by atoms with Gasteiger partial charge in [-0.15, -0.1) is 0 Å². The summed E-state index contributed by atoms with van der Waals surface area (Å²) in [7, 11) is 0. The minimum Gasteiger partial charge on any atom is -0.356 e. The average Bonchev–Trinajstić information content (AvgIpc) is 2.52. The maximum absolute atomic E-state index is 13.1. The molecule has 23 heavy (non-hydrogen) atoms. The van der Waals surface area contributed by atoms with Crippen LogP contribution in [0.15, 0.2) is 40.9 Å². The van der Waals surface area contributed by atoms with Crippen LogP contribution in [-0.4, -0.2) is 12.5 Å². The van der Waals surface area contributed by atoms with Crippen molar-refractivity contribution in [3.8, 4) is 0 Å². The molecule has 0 atom stereocenters. The summed E-state index contributed by atoms with van der Waals surface area (Å²) in [5.74, 6) is -2.31. The molecular weight excluding hydrogens is 371 g/mol. The van der Waals surface area contributed by atoms with Gasteiger partial charge in [0, 0.05) is 13.0 Å². The molecule has 0 bridgehead atoms. The van der Waals surface area contributed by atoms with Gasteiger partial charge >= 0.3 is 0 Å². The van der Waals surface area contributed by atoms with E-state index in [4.69, 9.17) is 0 Å². The van der Waals surface area contributed by atoms with E-state index in [1.165, 1.54) is 12.1 Å². The number of amides is 1. The summed E-state index contributed by atoms with van der Waals surface area (Å²) in [5.41, 5.74) is 1.47. The van der Waals surface area contributed by atoms with Gasteiger partial charge in [0.25, 0.3) is 0 Å². The molecule has 1 N–H and O–H groups in total. The molecule has 2 rings (SSSR count). The summed E-state index contributed by atoms with van der Waals surface area (Å²) in [4.78, 5) is 11.7. The fourth-order valence-corrected chi connectivity index (χ4v) is 2.51. The van der Waals surface area contributed by atoms with Gasteiger partial charge in [0.15, 0.2) is 11.6 Å². The third-order valence-electron chi connectivity index (χ3n) is 3.34. The monoisotopic (exact) mass is 385 g/mol. The first kappa shape index (κ1) is 17.5. The Kier molecular flexibility index (Phi) is 6.21. The van der Waals surface area contributed by atoms with Crippen molar-refractivity contribution in [3.63, 3.8) is 0 Å². The highest BCUT2D eigenvalue weighted by atomic mass is 79.9. The molecule has 0 heterocycles. The molecule has 2 aromatic rings. The lowest BCUT2D eigenvalue weighted by molar-refractivity contribution is -0.121. The molecule has 0 unspecified atom stereocenters. The Labute approximate surface area is 140 Å². The second-order valence-corrected chi connectivity index (χ2v) is 5.95. The molecule has 0 fully saturated rings. The van der Waals surface area contributed by atoms with Gasteiger partial charge in [-0.1, -0.05) is 12.1 Å². The van der Waals surface area contributed by atoms with E-state index >= 15 is 0 Å². The average molecular weight is 386 g/mol. The third kappa shape index (κ3) is 5.39. The number of carbonyl (C=O) groups is 1. The Hall–Kier alpha value is -1.82. The van der Waals surface area contributed by atoms with Gasteiger partial charge in [-0.3, -0.25) is 4.79 Å². The Morgan fingerprint density at radius 1 is 0.913 bits per heavy atom. The third-order valence-corrected chi connectivity index (χ3v) is 3.95. The molecule has 0 aliphatic heterocycles. The molecule has 0 aliphatic carbocycles. The van der Waals surface area contributed by atoms with Crippen LogP contribution in [0.5, 0.6) is 0 Å². The van der Waals surface area contributed by atoms with E-state index in [0.29, 0.717) is 29.4 Å². The number of carbonyl (C=O) groups excluding carboxylic acids is 1. The van der Waals surface area contributed by atoms with Crippen LogP contribution in [0.1, 0.15) is 17.5 Å². The molecule has 0 radical (unpaired) electrons. The number of benzene rings is 2. The Morgan fingerprint density at radius 2 is 1.57 bits per heavy atom.